The molecule has 104 valence electrons. The summed E-state index contributed by atoms with van der Waals surface area (Å²) in [6.45, 7) is 1.78. The van der Waals surface area contributed by atoms with Crippen LogP contribution in [0.3, 0.4) is 0 Å². The largest absolute Gasteiger partial charge is 0.496 e. The van der Waals surface area contributed by atoms with E-state index in [1.54, 1.807) is 13.0 Å². The molecule has 0 fully saturated rings. The second-order valence-corrected chi connectivity index (χ2v) is 3.77. The van der Waals surface area contributed by atoms with E-state index in [9.17, 15) is 14.9 Å². The van der Waals surface area contributed by atoms with Gasteiger partial charge in [-0.3, -0.25) is 10.1 Å². The maximum absolute atomic E-state index is 11.5. The van der Waals surface area contributed by atoms with Crippen LogP contribution in [0.2, 0.25) is 0 Å². The molecule has 19 heavy (non-hydrogen) atoms. The van der Waals surface area contributed by atoms with Gasteiger partial charge < -0.3 is 14.8 Å². The Morgan fingerprint density at radius 3 is 2.63 bits per heavy atom. The molecular formula is C12H16N2O5. The van der Waals surface area contributed by atoms with Crippen molar-refractivity contribution in [2.24, 2.45) is 0 Å². The summed E-state index contributed by atoms with van der Waals surface area (Å²) in [6.07, 6.45) is 0.454. The van der Waals surface area contributed by atoms with Crippen molar-refractivity contribution < 1.29 is 19.2 Å². The molecule has 1 atom stereocenters. The van der Waals surface area contributed by atoms with Crippen molar-refractivity contribution in [1.82, 2.24) is 0 Å². The average Bonchev–Trinajstić information content (AvgIpc) is 2.43. The topological polar surface area (TPSA) is 90.7 Å². The number of rotatable bonds is 6. The Kier molecular flexibility index (Phi) is 5.11. The van der Waals surface area contributed by atoms with E-state index in [0.717, 1.165) is 0 Å². The van der Waals surface area contributed by atoms with Crippen LogP contribution in [0.15, 0.2) is 18.2 Å². The monoisotopic (exact) mass is 268 g/mol. The van der Waals surface area contributed by atoms with Crippen LogP contribution < -0.4 is 10.1 Å². The highest BCUT2D eigenvalue weighted by Gasteiger charge is 2.22. The van der Waals surface area contributed by atoms with Crippen LogP contribution in [0.4, 0.5) is 11.4 Å². The van der Waals surface area contributed by atoms with Crippen molar-refractivity contribution in [1.29, 1.82) is 0 Å². The second-order valence-electron chi connectivity index (χ2n) is 3.77. The van der Waals surface area contributed by atoms with Crippen LogP contribution in [0.5, 0.6) is 5.75 Å². The number of benzene rings is 1. The highest BCUT2D eigenvalue weighted by molar-refractivity contribution is 5.80. The molecule has 0 saturated heterocycles. The summed E-state index contributed by atoms with van der Waals surface area (Å²) < 4.78 is 9.56. The molecule has 0 aromatic heterocycles. The van der Waals surface area contributed by atoms with E-state index in [1.165, 1.54) is 26.4 Å². The zero-order valence-corrected chi connectivity index (χ0v) is 11.0. The van der Waals surface area contributed by atoms with Gasteiger partial charge in [0.15, 0.2) is 0 Å². The van der Waals surface area contributed by atoms with Crippen LogP contribution >= 0.6 is 0 Å². The molecule has 1 rings (SSSR count). The van der Waals surface area contributed by atoms with Gasteiger partial charge >= 0.3 is 5.97 Å². The summed E-state index contributed by atoms with van der Waals surface area (Å²) in [4.78, 5) is 21.9. The first-order valence-corrected chi connectivity index (χ1v) is 5.70. The Hall–Kier alpha value is -2.31. The van der Waals surface area contributed by atoms with E-state index < -0.39 is 16.9 Å². The number of hydrogen-bond acceptors (Lipinski definition) is 6. The Morgan fingerprint density at radius 1 is 1.47 bits per heavy atom. The number of methoxy groups -OCH3 is 2. The molecular weight excluding hydrogens is 252 g/mol. The number of esters is 1. The molecule has 7 nitrogen and oxygen atoms in total. The van der Waals surface area contributed by atoms with E-state index >= 15 is 0 Å². The fourth-order valence-corrected chi connectivity index (χ4v) is 1.57. The SMILES string of the molecule is CCC(Nc1ccc(OC)cc1[N+](=O)[O-])C(=O)OC. The van der Waals surface area contributed by atoms with Gasteiger partial charge in [0.25, 0.3) is 5.69 Å². The molecule has 1 aromatic carbocycles. The van der Waals surface area contributed by atoms with Crippen molar-refractivity contribution in [2.45, 2.75) is 19.4 Å². The summed E-state index contributed by atoms with van der Waals surface area (Å²) >= 11 is 0. The first-order chi connectivity index (χ1) is 9.03. The number of nitrogens with zero attached hydrogens (tertiary/aromatic N) is 1. The first kappa shape index (κ1) is 14.7. The summed E-state index contributed by atoms with van der Waals surface area (Å²) in [5.41, 5.74) is 0.102. The van der Waals surface area contributed by atoms with Gasteiger partial charge in [0.05, 0.1) is 25.2 Å². The molecule has 0 radical (unpaired) electrons. The van der Waals surface area contributed by atoms with E-state index in [0.29, 0.717) is 12.2 Å². The maximum Gasteiger partial charge on any atom is 0.328 e. The van der Waals surface area contributed by atoms with E-state index in [2.05, 4.69) is 10.1 Å². The van der Waals surface area contributed by atoms with Crippen molar-refractivity contribution in [3.8, 4) is 5.75 Å². The molecule has 0 aliphatic heterocycles. The van der Waals surface area contributed by atoms with Crippen LogP contribution in [-0.4, -0.2) is 31.2 Å². The van der Waals surface area contributed by atoms with Crippen molar-refractivity contribution >= 4 is 17.3 Å². The molecule has 0 amide bonds. The van der Waals surface area contributed by atoms with Gasteiger partial charge in [-0.05, 0) is 18.6 Å². The normalized spacial score (nSPS) is 11.5. The van der Waals surface area contributed by atoms with Crippen molar-refractivity contribution in [2.75, 3.05) is 19.5 Å². The molecule has 0 heterocycles. The molecule has 0 spiro atoms. The quantitative estimate of drug-likeness (QED) is 0.482. The third-order valence-corrected chi connectivity index (χ3v) is 2.63. The molecule has 0 bridgehead atoms. The van der Waals surface area contributed by atoms with Gasteiger partial charge in [-0.25, -0.2) is 4.79 Å². The van der Waals surface area contributed by atoms with E-state index in [4.69, 9.17) is 4.74 Å². The zero-order valence-electron chi connectivity index (χ0n) is 11.0. The average molecular weight is 268 g/mol. The van der Waals surface area contributed by atoms with Gasteiger partial charge in [-0.1, -0.05) is 6.92 Å². The minimum atomic E-state index is -0.628. The highest BCUT2D eigenvalue weighted by atomic mass is 16.6. The lowest BCUT2D eigenvalue weighted by molar-refractivity contribution is -0.384. The Morgan fingerprint density at radius 2 is 2.16 bits per heavy atom. The van der Waals surface area contributed by atoms with Crippen LogP contribution in [-0.2, 0) is 9.53 Å². The number of anilines is 1. The number of nitrogens with one attached hydrogen (secondary N) is 1. The van der Waals surface area contributed by atoms with Crippen LogP contribution in [0.25, 0.3) is 0 Å². The lowest BCUT2D eigenvalue weighted by Crippen LogP contribution is -2.30. The number of carbonyl (C=O) groups excluding carboxylic acids is 1. The zero-order chi connectivity index (χ0) is 14.4. The van der Waals surface area contributed by atoms with Gasteiger partial charge in [-0.2, -0.15) is 0 Å². The van der Waals surface area contributed by atoms with Crippen molar-refractivity contribution in [3.05, 3.63) is 28.3 Å². The summed E-state index contributed by atoms with van der Waals surface area (Å²) in [5, 5.41) is 13.8. The molecule has 0 aliphatic carbocycles. The number of carbonyl (C=O) groups is 1. The first-order valence-electron chi connectivity index (χ1n) is 5.70. The van der Waals surface area contributed by atoms with Crippen LogP contribution in [0, 0.1) is 10.1 Å². The smallest absolute Gasteiger partial charge is 0.328 e. The standard InChI is InChI=1S/C12H16N2O5/c1-4-9(12(15)19-3)13-10-6-5-8(18-2)7-11(10)14(16)17/h5-7,9,13H,4H2,1-3H3. The molecule has 7 heteroatoms. The highest BCUT2D eigenvalue weighted by Crippen LogP contribution is 2.29. The number of nitro groups is 1. The van der Waals surface area contributed by atoms with Gasteiger partial charge in [0, 0.05) is 0 Å². The fourth-order valence-electron chi connectivity index (χ4n) is 1.57. The third-order valence-electron chi connectivity index (χ3n) is 2.63. The molecule has 1 aromatic rings. The van der Waals surface area contributed by atoms with E-state index in [-0.39, 0.29) is 11.4 Å². The van der Waals surface area contributed by atoms with Crippen molar-refractivity contribution in [3.63, 3.8) is 0 Å². The predicted molar refractivity (Wildman–Crippen MR) is 69.4 cm³/mol. The second kappa shape index (κ2) is 6.58. The lowest BCUT2D eigenvalue weighted by Gasteiger charge is -2.16. The Balaban J connectivity index is 3.05. The van der Waals surface area contributed by atoms with Gasteiger partial charge in [0.1, 0.15) is 17.5 Å². The predicted octanol–water partition coefficient (Wildman–Crippen LogP) is 1.97. The minimum Gasteiger partial charge on any atom is -0.496 e. The number of hydrogen-bond donors (Lipinski definition) is 1. The fraction of sp³-hybridized carbons (Fsp3) is 0.417. The molecule has 0 aliphatic rings. The molecule has 1 unspecified atom stereocenters. The Labute approximate surface area is 110 Å². The summed E-state index contributed by atoms with van der Waals surface area (Å²) in [6, 6.07) is 3.76. The number of ether oxygens (including phenoxy) is 2. The maximum atomic E-state index is 11.5. The number of nitro benzene ring substituents is 1. The van der Waals surface area contributed by atoms with Gasteiger partial charge in [-0.15, -0.1) is 0 Å². The molecule has 0 saturated carbocycles. The lowest BCUT2D eigenvalue weighted by atomic mass is 10.2. The minimum absolute atomic E-state index is 0.151. The third kappa shape index (κ3) is 3.57. The van der Waals surface area contributed by atoms with Crippen LogP contribution in [0.1, 0.15) is 13.3 Å². The Bertz CT molecular complexity index is 475. The van der Waals surface area contributed by atoms with E-state index in [1.807, 2.05) is 0 Å². The molecule has 1 N–H and O–H groups in total. The van der Waals surface area contributed by atoms with Gasteiger partial charge in [0.2, 0.25) is 0 Å². The summed E-state index contributed by atoms with van der Waals surface area (Å²) in [7, 11) is 2.70. The summed E-state index contributed by atoms with van der Waals surface area (Å²) in [5.74, 6) is -0.0871.